The number of amides is 1. The Balaban J connectivity index is 2.01. The van der Waals surface area contributed by atoms with Gasteiger partial charge in [-0.15, -0.1) is 0 Å². The van der Waals surface area contributed by atoms with Crippen LogP contribution in [0.25, 0.3) is 0 Å². The van der Waals surface area contributed by atoms with Crippen molar-refractivity contribution in [2.45, 2.75) is 20.4 Å². The predicted molar refractivity (Wildman–Crippen MR) is 99.2 cm³/mol. The number of nitriles is 1. The summed E-state index contributed by atoms with van der Waals surface area (Å²) >= 11 is 3.41. The van der Waals surface area contributed by atoms with E-state index in [1.54, 1.807) is 0 Å². The molecular formula is C19H18BrN3O. The minimum atomic E-state index is -0.425. The van der Waals surface area contributed by atoms with Crippen molar-refractivity contribution in [3.8, 4) is 6.07 Å². The molecule has 2 aromatic rings. The highest BCUT2D eigenvalue weighted by Crippen LogP contribution is 2.16. The van der Waals surface area contributed by atoms with E-state index in [0.29, 0.717) is 12.2 Å². The molecule has 0 spiro atoms. The summed E-state index contributed by atoms with van der Waals surface area (Å²) in [5, 5.41) is 15.0. The van der Waals surface area contributed by atoms with Crippen molar-refractivity contribution < 1.29 is 4.79 Å². The fourth-order valence-corrected chi connectivity index (χ4v) is 2.66. The Bertz CT molecular complexity index is 822. The number of nitrogens with one attached hydrogen (secondary N) is 2. The minimum Gasteiger partial charge on any atom is -0.386 e. The number of hydrogen-bond acceptors (Lipinski definition) is 3. The third kappa shape index (κ3) is 4.97. The predicted octanol–water partition coefficient (Wildman–Crippen LogP) is 4.20. The van der Waals surface area contributed by atoms with Crippen LogP contribution in [0.5, 0.6) is 0 Å². The van der Waals surface area contributed by atoms with Gasteiger partial charge in [0.2, 0.25) is 0 Å². The molecule has 4 nitrogen and oxygen atoms in total. The zero-order valence-corrected chi connectivity index (χ0v) is 15.1. The molecule has 0 aromatic heterocycles. The summed E-state index contributed by atoms with van der Waals surface area (Å²) in [7, 11) is 0. The quantitative estimate of drug-likeness (QED) is 0.600. The van der Waals surface area contributed by atoms with Crippen molar-refractivity contribution in [3.05, 3.63) is 75.4 Å². The molecule has 0 aliphatic heterocycles. The van der Waals surface area contributed by atoms with Gasteiger partial charge in [0.25, 0.3) is 5.91 Å². The lowest BCUT2D eigenvalue weighted by Gasteiger charge is -2.09. The zero-order chi connectivity index (χ0) is 17.5. The van der Waals surface area contributed by atoms with Gasteiger partial charge in [0.1, 0.15) is 11.6 Å². The average molecular weight is 384 g/mol. The minimum absolute atomic E-state index is 0.0324. The monoisotopic (exact) mass is 383 g/mol. The Morgan fingerprint density at radius 1 is 1.25 bits per heavy atom. The van der Waals surface area contributed by atoms with Crippen LogP contribution in [0.3, 0.4) is 0 Å². The zero-order valence-electron chi connectivity index (χ0n) is 13.6. The summed E-state index contributed by atoms with van der Waals surface area (Å²) in [6.07, 6.45) is 1.44. The molecular weight excluding hydrogens is 366 g/mol. The van der Waals surface area contributed by atoms with Crippen LogP contribution >= 0.6 is 15.9 Å². The molecule has 0 aliphatic rings. The van der Waals surface area contributed by atoms with Gasteiger partial charge in [-0.05, 0) is 43.2 Å². The second-order valence-electron chi connectivity index (χ2n) is 5.45. The molecule has 0 atom stereocenters. The van der Waals surface area contributed by atoms with Gasteiger partial charge in [0, 0.05) is 22.9 Å². The normalized spacial score (nSPS) is 10.8. The maximum Gasteiger partial charge on any atom is 0.267 e. The van der Waals surface area contributed by atoms with Crippen molar-refractivity contribution in [1.29, 1.82) is 5.26 Å². The van der Waals surface area contributed by atoms with E-state index in [9.17, 15) is 10.1 Å². The van der Waals surface area contributed by atoms with Crippen molar-refractivity contribution in [2.24, 2.45) is 0 Å². The van der Waals surface area contributed by atoms with E-state index in [1.165, 1.54) is 6.20 Å². The van der Waals surface area contributed by atoms with Gasteiger partial charge in [-0.2, -0.15) is 5.26 Å². The van der Waals surface area contributed by atoms with Gasteiger partial charge in [-0.3, -0.25) is 4.79 Å². The topological polar surface area (TPSA) is 64.9 Å². The van der Waals surface area contributed by atoms with E-state index >= 15 is 0 Å². The van der Waals surface area contributed by atoms with E-state index in [-0.39, 0.29) is 5.57 Å². The third-order valence-electron chi connectivity index (χ3n) is 3.44. The van der Waals surface area contributed by atoms with E-state index in [1.807, 2.05) is 62.4 Å². The number of nitrogens with zero attached hydrogens (tertiary/aromatic N) is 1. The number of carbonyl (C=O) groups excluding carboxylic acids is 1. The molecule has 0 aliphatic carbocycles. The van der Waals surface area contributed by atoms with E-state index in [4.69, 9.17) is 0 Å². The molecule has 2 N–H and O–H groups in total. The second kappa shape index (κ2) is 8.32. The van der Waals surface area contributed by atoms with Crippen LogP contribution in [-0.2, 0) is 11.3 Å². The van der Waals surface area contributed by atoms with Crippen molar-refractivity contribution in [1.82, 2.24) is 5.32 Å². The summed E-state index contributed by atoms with van der Waals surface area (Å²) in [6.45, 7) is 4.44. The Kier molecular flexibility index (Phi) is 6.16. The van der Waals surface area contributed by atoms with Gasteiger partial charge in [0.15, 0.2) is 0 Å². The van der Waals surface area contributed by atoms with Crippen LogP contribution in [0, 0.1) is 25.2 Å². The van der Waals surface area contributed by atoms with E-state index < -0.39 is 5.91 Å². The molecule has 122 valence electrons. The van der Waals surface area contributed by atoms with Gasteiger partial charge < -0.3 is 10.6 Å². The van der Waals surface area contributed by atoms with Gasteiger partial charge >= 0.3 is 0 Å². The number of carbonyl (C=O) groups is 1. The fraction of sp³-hybridized carbons (Fsp3) is 0.158. The largest absolute Gasteiger partial charge is 0.386 e. The van der Waals surface area contributed by atoms with Crippen molar-refractivity contribution in [3.63, 3.8) is 0 Å². The van der Waals surface area contributed by atoms with Gasteiger partial charge in [0.05, 0.1) is 0 Å². The molecule has 0 bridgehead atoms. The highest BCUT2D eigenvalue weighted by atomic mass is 79.9. The summed E-state index contributed by atoms with van der Waals surface area (Å²) in [5.74, 6) is -0.425. The maximum absolute atomic E-state index is 12.2. The first-order chi connectivity index (χ1) is 11.5. The Morgan fingerprint density at radius 3 is 2.71 bits per heavy atom. The van der Waals surface area contributed by atoms with Crippen LogP contribution in [0.4, 0.5) is 5.69 Å². The third-order valence-corrected chi connectivity index (χ3v) is 3.93. The van der Waals surface area contributed by atoms with Crippen LogP contribution in [0.15, 0.2) is 58.7 Å². The average Bonchev–Trinajstić information content (AvgIpc) is 2.54. The number of rotatable bonds is 5. The number of halogens is 1. The van der Waals surface area contributed by atoms with Crippen molar-refractivity contribution in [2.75, 3.05) is 5.32 Å². The molecule has 2 rings (SSSR count). The smallest absolute Gasteiger partial charge is 0.267 e. The molecule has 0 radical (unpaired) electrons. The van der Waals surface area contributed by atoms with Crippen LogP contribution in [0.1, 0.15) is 16.7 Å². The highest BCUT2D eigenvalue weighted by molar-refractivity contribution is 9.10. The Morgan fingerprint density at radius 2 is 2.04 bits per heavy atom. The molecule has 0 fully saturated rings. The van der Waals surface area contributed by atoms with E-state index in [2.05, 4.69) is 26.6 Å². The number of aryl methyl sites for hydroxylation is 2. The van der Waals surface area contributed by atoms with Crippen LogP contribution in [-0.4, -0.2) is 5.91 Å². The molecule has 0 heterocycles. The van der Waals surface area contributed by atoms with Crippen LogP contribution < -0.4 is 10.6 Å². The van der Waals surface area contributed by atoms with Crippen molar-refractivity contribution >= 4 is 27.5 Å². The summed E-state index contributed by atoms with van der Waals surface area (Å²) in [5.41, 5.74) is 3.87. The summed E-state index contributed by atoms with van der Waals surface area (Å²) < 4.78 is 0.985. The summed E-state index contributed by atoms with van der Waals surface area (Å²) in [4.78, 5) is 12.2. The number of anilines is 1. The standard InChI is InChI=1S/C19H18BrN3O/c1-13-6-7-18(14(2)8-13)23-19(24)16(10-21)12-22-11-15-4-3-5-17(20)9-15/h3-9,12,22H,11H2,1-2H3,(H,23,24)/b16-12-. The first-order valence-electron chi connectivity index (χ1n) is 7.46. The lowest BCUT2D eigenvalue weighted by atomic mass is 10.1. The molecule has 1 amide bonds. The number of benzene rings is 2. The molecule has 2 aromatic carbocycles. The first kappa shape index (κ1) is 17.8. The Labute approximate surface area is 150 Å². The molecule has 5 heteroatoms. The van der Waals surface area contributed by atoms with Crippen LogP contribution in [0.2, 0.25) is 0 Å². The molecule has 0 saturated carbocycles. The van der Waals surface area contributed by atoms with E-state index in [0.717, 1.165) is 21.2 Å². The lowest BCUT2D eigenvalue weighted by Crippen LogP contribution is -2.17. The lowest BCUT2D eigenvalue weighted by molar-refractivity contribution is -0.112. The molecule has 24 heavy (non-hydrogen) atoms. The fourth-order valence-electron chi connectivity index (χ4n) is 2.21. The molecule has 0 unspecified atom stereocenters. The number of hydrogen-bond donors (Lipinski definition) is 2. The molecule has 0 saturated heterocycles. The SMILES string of the molecule is Cc1ccc(NC(=O)/C(C#N)=C\NCc2cccc(Br)c2)c(C)c1. The highest BCUT2D eigenvalue weighted by Gasteiger charge is 2.10. The van der Waals surface area contributed by atoms with Gasteiger partial charge in [-0.1, -0.05) is 45.8 Å². The van der Waals surface area contributed by atoms with Gasteiger partial charge in [-0.25, -0.2) is 0 Å². The first-order valence-corrected chi connectivity index (χ1v) is 8.25. The second-order valence-corrected chi connectivity index (χ2v) is 6.37. The summed E-state index contributed by atoms with van der Waals surface area (Å²) in [6, 6.07) is 15.5. The Hall–Kier alpha value is -2.58. The maximum atomic E-state index is 12.2.